The lowest BCUT2D eigenvalue weighted by Crippen LogP contribution is -2.50. The van der Waals surface area contributed by atoms with Crippen LogP contribution in [0.4, 0.5) is 5.69 Å². The van der Waals surface area contributed by atoms with Gasteiger partial charge in [0.05, 0.1) is 36.4 Å². The van der Waals surface area contributed by atoms with Crippen molar-refractivity contribution in [1.82, 2.24) is 19.8 Å². The Labute approximate surface area is 220 Å². The molecular weight excluding hydrogens is 498 g/mol. The maximum Gasteiger partial charge on any atom is 0.290 e. The van der Waals surface area contributed by atoms with Gasteiger partial charge in [0.25, 0.3) is 12.4 Å². The summed E-state index contributed by atoms with van der Waals surface area (Å²) < 4.78 is 11.2. The van der Waals surface area contributed by atoms with E-state index < -0.39 is 0 Å². The molecule has 198 valence electrons. The number of piperidine rings is 1. The van der Waals surface area contributed by atoms with E-state index in [4.69, 9.17) is 31.0 Å². The third kappa shape index (κ3) is 5.66. The van der Waals surface area contributed by atoms with E-state index in [0.717, 1.165) is 74.4 Å². The van der Waals surface area contributed by atoms with Crippen LogP contribution in [0.1, 0.15) is 23.2 Å². The van der Waals surface area contributed by atoms with Crippen LogP contribution in [-0.4, -0.2) is 96.8 Å². The largest absolute Gasteiger partial charge is 0.496 e. The molecular formula is C26H32ClN5O5. The number of hydrogen-bond acceptors (Lipinski definition) is 7. The van der Waals surface area contributed by atoms with Crippen LogP contribution in [0.15, 0.2) is 30.6 Å². The van der Waals surface area contributed by atoms with Gasteiger partial charge in [-0.05, 0) is 31.0 Å². The molecule has 37 heavy (non-hydrogen) atoms. The highest BCUT2D eigenvalue weighted by Crippen LogP contribution is 2.40. The molecule has 2 aliphatic heterocycles. The zero-order chi connectivity index (χ0) is 26.4. The van der Waals surface area contributed by atoms with Crippen LogP contribution in [0, 0.1) is 0 Å². The number of aromatic amines is 1. The zero-order valence-electron chi connectivity index (χ0n) is 21.0. The van der Waals surface area contributed by atoms with E-state index in [1.165, 1.54) is 0 Å². The number of halogens is 1. The van der Waals surface area contributed by atoms with Gasteiger partial charge in [-0.15, -0.1) is 0 Å². The van der Waals surface area contributed by atoms with Crippen molar-refractivity contribution in [1.29, 1.82) is 0 Å². The maximum atomic E-state index is 13.3. The molecule has 0 radical (unpaired) electrons. The number of aromatic nitrogens is 2. The molecule has 1 amide bonds. The number of amides is 1. The van der Waals surface area contributed by atoms with Crippen LogP contribution >= 0.6 is 11.6 Å². The minimum atomic E-state index is -0.250. The second-order valence-corrected chi connectivity index (χ2v) is 9.26. The van der Waals surface area contributed by atoms with Gasteiger partial charge in [0.15, 0.2) is 0 Å². The quantitative estimate of drug-likeness (QED) is 0.429. The molecule has 0 unspecified atom stereocenters. The van der Waals surface area contributed by atoms with Crippen molar-refractivity contribution in [3.8, 4) is 16.9 Å². The summed E-state index contributed by atoms with van der Waals surface area (Å²) in [7, 11) is 3.47. The number of pyridine rings is 1. The lowest BCUT2D eigenvalue weighted by molar-refractivity contribution is -0.122. The van der Waals surface area contributed by atoms with E-state index >= 15 is 0 Å². The van der Waals surface area contributed by atoms with Crippen LogP contribution in [0.2, 0.25) is 5.02 Å². The molecule has 5 rings (SSSR count). The number of methoxy groups -OCH3 is 1. The molecule has 3 N–H and O–H groups in total. The van der Waals surface area contributed by atoms with Crippen molar-refractivity contribution in [3.63, 3.8) is 0 Å². The summed E-state index contributed by atoms with van der Waals surface area (Å²) in [6.07, 6.45) is 5.51. The lowest BCUT2D eigenvalue weighted by Gasteiger charge is -2.40. The monoisotopic (exact) mass is 529 g/mol. The molecule has 3 aromatic rings. The van der Waals surface area contributed by atoms with E-state index in [1.54, 1.807) is 19.5 Å². The van der Waals surface area contributed by atoms with E-state index in [9.17, 15) is 4.79 Å². The van der Waals surface area contributed by atoms with E-state index in [0.29, 0.717) is 28.0 Å². The predicted octanol–water partition coefficient (Wildman–Crippen LogP) is 3.57. The van der Waals surface area contributed by atoms with Crippen molar-refractivity contribution in [2.75, 3.05) is 58.9 Å². The first-order valence-electron chi connectivity index (χ1n) is 12.2. The van der Waals surface area contributed by atoms with Gasteiger partial charge in [-0.2, -0.15) is 0 Å². The number of ether oxygens (including phenoxy) is 2. The maximum absolute atomic E-state index is 13.3. The second kappa shape index (κ2) is 12.3. The summed E-state index contributed by atoms with van der Waals surface area (Å²) in [6, 6.07) is 6.16. The highest BCUT2D eigenvalue weighted by atomic mass is 35.5. The van der Waals surface area contributed by atoms with Gasteiger partial charge in [0, 0.05) is 68.4 Å². The smallest absolute Gasteiger partial charge is 0.290 e. The molecule has 0 aliphatic carbocycles. The van der Waals surface area contributed by atoms with Crippen molar-refractivity contribution in [2.45, 2.75) is 18.9 Å². The Morgan fingerprint density at radius 1 is 1.24 bits per heavy atom. The number of morpholine rings is 1. The van der Waals surface area contributed by atoms with Crippen LogP contribution in [-0.2, 0) is 9.53 Å². The number of nitrogens with zero attached hydrogens (tertiary/aromatic N) is 3. The summed E-state index contributed by atoms with van der Waals surface area (Å²) in [5, 5.41) is 11.6. The molecule has 1 aromatic carbocycles. The number of benzene rings is 1. The number of rotatable bonds is 5. The Bertz CT molecular complexity index is 1240. The topological polar surface area (TPSA) is 120 Å². The molecule has 11 heteroatoms. The van der Waals surface area contributed by atoms with Crippen LogP contribution in [0.5, 0.6) is 5.75 Å². The Kier molecular flexibility index (Phi) is 8.86. The standard InChI is InChI=1S/C25H30ClN5O3.CH2O2/c1-27-23-19(14-28-24-22(23)20(26)15-29-24)18-4-3-16(13-21(18)33-2)25(32)31-7-5-17(6-8-31)30-9-11-34-12-10-30;2-1-3/h3-4,13-15,17H,5-12H2,1-2H3,(H2,27,28,29);1H,(H,2,3). The number of H-pyrrole nitrogens is 1. The van der Waals surface area contributed by atoms with Gasteiger partial charge < -0.3 is 29.8 Å². The molecule has 2 fully saturated rings. The summed E-state index contributed by atoms with van der Waals surface area (Å²) in [6.45, 7) is 4.86. The molecule has 0 bridgehead atoms. The number of likely N-dealkylation sites (tertiary alicyclic amines) is 1. The second-order valence-electron chi connectivity index (χ2n) is 8.85. The lowest BCUT2D eigenvalue weighted by atomic mass is 9.99. The Morgan fingerprint density at radius 2 is 1.95 bits per heavy atom. The van der Waals surface area contributed by atoms with Crippen molar-refractivity contribution >= 4 is 40.7 Å². The molecule has 2 saturated heterocycles. The van der Waals surface area contributed by atoms with Crippen molar-refractivity contribution in [3.05, 3.63) is 41.2 Å². The molecule has 0 atom stereocenters. The number of nitrogens with one attached hydrogen (secondary N) is 2. The zero-order valence-corrected chi connectivity index (χ0v) is 21.8. The predicted molar refractivity (Wildman–Crippen MR) is 143 cm³/mol. The van der Waals surface area contributed by atoms with E-state index in [1.807, 2.05) is 30.1 Å². The fourth-order valence-corrected chi connectivity index (χ4v) is 5.37. The fourth-order valence-electron chi connectivity index (χ4n) is 5.13. The first-order valence-corrected chi connectivity index (χ1v) is 12.6. The number of fused-ring (bicyclic) bond motifs is 1. The van der Waals surface area contributed by atoms with Gasteiger partial charge in [0.1, 0.15) is 11.4 Å². The number of hydrogen-bond donors (Lipinski definition) is 3. The van der Waals surface area contributed by atoms with Gasteiger partial charge in [-0.25, -0.2) is 4.98 Å². The molecule has 10 nitrogen and oxygen atoms in total. The number of carbonyl (C=O) groups excluding carboxylic acids is 1. The Hall–Kier alpha value is -3.34. The van der Waals surface area contributed by atoms with Gasteiger partial charge in [-0.1, -0.05) is 11.6 Å². The van der Waals surface area contributed by atoms with E-state index in [2.05, 4.69) is 20.2 Å². The van der Waals surface area contributed by atoms with Crippen LogP contribution in [0.3, 0.4) is 0 Å². The number of carboxylic acid groups (broad SMARTS) is 1. The summed E-state index contributed by atoms with van der Waals surface area (Å²) in [5.41, 5.74) is 3.91. The van der Waals surface area contributed by atoms with Crippen LogP contribution in [0.25, 0.3) is 22.2 Å². The molecule has 0 spiro atoms. The SMILES string of the molecule is CNc1c(-c2ccc(C(=O)N3CCC(N4CCOCC4)CC3)cc2OC)cnc2[nH]cc(Cl)c12.O=CO. The van der Waals surface area contributed by atoms with Crippen molar-refractivity contribution in [2.24, 2.45) is 0 Å². The highest BCUT2D eigenvalue weighted by molar-refractivity contribution is 6.36. The molecule has 2 aromatic heterocycles. The highest BCUT2D eigenvalue weighted by Gasteiger charge is 2.29. The summed E-state index contributed by atoms with van der Waals surface area (Å²) >= 11 is 6.40. The van der Waals surface area contributed by atoms with Gasteiger partial charge in [0.2, 0.25) is 0 Å². The van der Waals surface area contributed by atoms with Crippen molar-refractivity contribution < 1.29 is 24.2 Å². The normalized spacial score (nSPS) is 16.7. The fraction of sp³-hybridized carbons (Fsp3) is 0.423. The number of anilines is 1. The summed E-state index contributed by atoms with van der Waals surface area (Å²) in [4.78, 5) is 33.7. The first-order chi connectivity index (χ1) is 18.0. The summed E-state index contributed by atoms with van der Waals surface area (Å²) in [5.74, 6) is 0.666. The third-order valence-corrected chi connectivity index (χ3v) is 7.25. The number of carbonyl (C=O) groups is 2. The van der Waals surface area contributed by atoms with Crippen LogP contribution < -0.4 is 10.1 Å². The van der Waals surface area contributed by atoms with Gasteiger partial charge in [-0.3, -0.25) is 14.5 Å². The molecule has 2 aliphatic rings. The first kappa shape index (κ1) is 26.7. The average molecular weight is 530 g/mol. The van der Waals surface area contributed by atoms with Gasteiger partial charge >= 0.3 is 0 Å². The van der Waals surface area contributed by atoms with E-state index in [-0.39, 0.29) is 12.4 Å². The Balaban J connectivity index is 0.00000102. The molecule has 4 heterocycles. The molecule has 0 saturated carbocycles. The average Bonchev–Trinajstić information content (AvgIpc) is 3.33. The third-order valence-electron chi connectivity index (χ3n) is 6.96. The minimum Gasteiger partial charge on any atom is -0.496 e. The minimum absolute atomic E-state index is 0.0429. The Morgan fingerprint density at radius 3 is 2.59 bits per heavy atom.